The molecule has 16 heavy (non-hydrogen) atoms. The van der Waals surface area contributed by atoms with Crippen LogP contribution in [0.3, 0.4) is 0 Å². The van der Waals surface area contributed by atoms with Gasteiger partial charge in [0.25, 0.3) is 0 Å². The molecule has 0 amide bonds. The van der Waals surface area contributed by atoms with Gasteiger partial charge in [0.15, 0.2) is 5.78 Å². The molecule has 0 spiro atoms. The molecule has 1 saturated carbocycles. The minimum atomic E-state index is -0.777. The van der Waals surface area contributed by atoms with Gasteiger partial charge in [-0.15, -0.1) is 0 Å². The van der Waals surface area contributed by atoms with Crippen LogP contribution in [0.4, 0.5) is 0 Å². The summed E-state index contributed by atoms with van der Waals surface area (Å²) in [5, 5.41) is 9.94. The van der Waals surface area contributed by atoms with Gasteiger partial charge in [0.05, 0.1) is 18.6 Å². The van der Waals surface area contributed by atoms with E-state index in [9.17, 15) is 14.7 Å². The van der Waals surface area contributed by atoms with E-state index >= 15 is 0 Å². The monoisotopic (exact) mass is 224 g/mol. The number of carbonyl (C=O) groups excluding carboxylic acids is 2. The Hall–Kier alpha value is -1.16. The summed E-state index contributed by atoms with van der Waals surface area (Å²) in [7, 11) is 1.35. The van der Waals surface area contributed by atoms with Gasteiger partial charge >= 0.3 is 5.97 Å². The molecule has 0 aromatic carbocycles. The van der Waals surface area contributed by atoms with E-state index in [4.69, 9.17) is 4.74 Å². The van der Waals surface area contributed by atoms with Crippen LogP contribution in [0.15, 0.2) is 12.2 Å². The van der Waals surface area contributed by atoms with Crippen molar-refractivity contribution in [1.82, 2.24) is 0 Å². The van der Waals surface area contributed by atoms with Crippen LogP contribution in [0, 0.1) is 11.3 Å². The van der Waals surface area contributed by atoms with Crippen LogP contribution in [-0.2, 0) is 14.3 Å². The van der Waals surface area contributed by atoms with Crippen molar-refractivity contribution in [3.63, 3.8) is 0 Å². The van der Waals surface area contributed by atoms with Gasteiger partial charge in [-0.2, -0.15) is 0 Å². The highest BCUT2D eigenvalue weighted by Gasteiger charge is 2.51. The fourth-order valence-corrected chi connectivity index (χ4v) is 2.90. The van der Waals surface area contributed by atoms with E-state index in [1.54, 1.807) is 6.08 Å². The number of hydrogen-bond acceptors (Lipinski definition) is 4. The summed E-state index contributed by atoms with van der Waals surface area (Å²) in [4.78, 5) is 23.2. The summed E-state index contributed by atoms with van der Waals surface area (Å²) < 4.78 is 4.82. The zero-order valence-electron chi connectivity index (χ0n) is 9.31. The molecular weight excluding hydrogens is 208 g/mol. The predicted molar refractivity (Wildman–Crippen MR) is 56.6 cm³/mol. The van der Waals surface area contributed by atoms with Gasteiger partial charge < -0.3 is 9.84 Å². The van der Waals surface area contributed by atoms with Gasteiger partial charge in [0.1, 0.15) is 0 Å². The first-order valence-electron chi connectivity index (χ1n) is 5.59. The Labute approximate surface area is 94.3 Å². The van der Waals surface area contributed by atoms with Crippen molar-refractivity contribution >= 4 is 11.8 Å². The number of ether oxygens (including phenoxy) is 1. The molecule has 2 rings (SSSR count). The standard InChI is InChI=1S/C12H16O4/c1-16-11(15)12-5-2-3-10(14)9(12)7-8(13)4-6-12/h4,6,9-10,14H,2-3,5,7H2,1H3/t9-,10+,12+/m0/s1. The maximum atomic E-state index is 11.9. The second-order valence-electron chi connectivity index (χ2n) is 4.60. The average Bonchev–Trinajstić information content (AvgIpc) is 2.29. The van der Waals surface area contributed by atoms with E-state index in [0.717, 1.165) is 6.42 Å². The number of esters is 1. The molecule has 3 atom stereocenters. The molecule has 1 fully saturated rings. The van der Waals surface area contributed by atoms with Crippen LogP contribution in [0.5, 0.6) is 0 Å². The van der Waals surface area contributed by atoms with Crippen LogP contribution in [0.25, 0.3) is 0 Å². The summed E-state index contributed by atoms with van der Waals surface area (Å²) in [6.45, 7) is 0. The van der Waals surface area contributed by atoms with Crippen LogP contribution in [-0.4, -0.2) is 30.1 Å². The molecule has 0 bridgehead atoms. The highest BCUT2D eigenvalue weighted by atomic mass is 16.5. The quantitative estimate of drug-likeness (QED) is 0.670. The van der Waals surface area contributed by atoms with E-state index in [2.05, 4.69) is 0 Å². The molecule has 0 aromatic rings. The lowest BCUT2D eigenvalue weighted by Gasteiger charge is -2.43. The summed E-state index contributed by atoms with van der Waals surface area (Å²) >= 11 is 0. The molecule has 4 nitrogen and oxygen atoms in total. The lowest BCUT2D eigenvalue weighted by atomic mass is 9.61. The maximum Gasteiger partial charge on any atom is 0.316 e. The third-order valence-corrected chi connectivity index (χ3v) is 3.77. The van der Waals surface area contributed by atoms with E-state index < -0.39 is 11.5 Å². The largest absolute Gasteiger partial charge is 0.468 e. The van der Waals surface area contributed by atoms with E-state index in [1.807, 2.05) is 0 Å². The Morgan fingerprint density at radius 2 is 2.38 bits per heavy atom. The molecule has 2 aliphatic rings. The van der Waals surface area contributed by atoms with E-state index in [1.165, 1.54) is 13.2 Å². The second kappa shape index (κ2) is 4.01. The van der Waals surface area contributed by atoms with Gasteiger partial charge in [-0.1, -0.05) is 6.08 Å². The van der Waals surface area contributed by atoms with Crippen molar-refractivity contribution < 1.29 is 19.4 Å². The lowest BCUT2D eigenvalue weighted by molar-refractivity contribution is -0.160. The molecule has 0 aliphatic heterocycles. The minimum absolute atomic E-state index is 0.0227. The highest BCUT2D eigenvalue weighted by Crippen LogP contribution is 2.47. The van der Waals surface area contributed by atoms with Crippen LogP contribution >= 0.6 is 0 Å². The summed E-state index contributed by atoms with van der Waals surface area (Å²) in [5.74, 6) is -0.670. The minimum Gasteiger partial charge on any atom is -0.468 e. The molecule has 4 heteroatoms. The molecule has 0 heterocycles. The van der Waals surface area contributed by atoms with E-state index in [0.29, 0.717) is 12.8 Å². The molecular formula is C12H16O4. The number of carbonyl (C=O) groups is 2. The topological polar surface area (TPSA) is 63.6 Å². The van der Waals surface area contributed by atoms with Gasteiger partial charge in [0.2, 0.25) is 0 Å². The second-order valence-corrected chi connectivity index (χ2v) is 4.60. The first-order chi connectivity index (χ1) is 7.60. The Morgan fingerprint density at radius 3 is 3.06 bits per heavy atom. The van der Waals surface area contributed by atoms with Crippen molar-refractivity contribution in [2.24, 2.45) is 11.3 Å². The summed E-state index contributed by atoms with van der Waals surface area (Å²) in [5.41, 5.74) is -0.777. The van der Waals surface area contributed by atoms with Gasteiger partial charge in [-0.3, -0.25) is 9.59 Å². The van der Waals surface area contributed by atoms with Crippen molar-refractivity contribution in [3.8, 4) is 0 Å². The molecule has 0 radical (unpaired) electrons. The number of methoxy groups -OCH3 is 1. The molecule has 88 valence electrons. The smallest absolute Gasteiger partial charge is 0.316 e. The van der Waals surface area contributed by atoms with Gasteiger partial charge in [0, 0.05) is 12.3 Å². The van der Waals surface area contributed by atoms with Crippen molar-refractivity contribution in [3.05, 3.63) is 12.2 Å². The van der Waals surface area contributed by atoms with Crippen LogP contribution < -0.4 is 0 Å². The molecule has 0 unspecified atom stereocenters. The number of aliphatic hydroxyl groups is 1. The first-order valence-corrected chi connectivity index (χ1v) is 5.59. The normalized spacial score (nSPS) is 38.0. The van der Waals surface area contributed by atoms with Crippen molar-refractivity contribution in [1.29, 1.82) is 0 Å². The molecule has 0 aromatic heterocycles. The number of ketones is 1. The van der Waals surface area contributed by atoms with E-state index in [-0.39, 0.29) is 24.1 Å². The van der Waals surface area contributed by atoms with Gasteiger partial charge in [-0.05, 0) is 25.3 Å². The summed E-state index contributed by atoms with van der Waals surface area (Å²) in [6, 6.07) is 0. The number of rotatable bonds is 1. The highest BCUT2D eigenvalue weighted by molar-refractivity contribution is 5.94. The fraction of sp³-hybridized carbons (Fsp3) is 0.667. The average molecular weight is 224 g/mol. The maximum absolute atomic E-state index is 11.9. The molecule has 2 aliphatic carbocycles. The van der Waals surface area contributed by atoms with Gasteiger partial charge in [-0.25, -0.2) is 0 Å². The fourth-order valence-electron chi connectivity index (χ4n) is 2.90. The van der Waals surface area contributed by atoms with Crippen LogP contribution in [0.2, 0.25) is 0 Å². The Bertz CT molecular complexity index is 347. The first kappa shape index (κ1) is 11.3. The molecule has 1 N–H and O–H groups in total. The Balaban J connectivity index is 2.39. The number of aliphatic hydroxyl groups excluding tert-OH is 1. The SMILES string of the molecule is COC(=O)[C@]12C=CC(=O)C[C@H]1[C@H](O)CCC2. The third kappa shape index (κ3) is 1.57. The third-order valence-electron chi connectivity index (χ3n) is 3.77. The number of hydrogen-bond donors (Lipinski definition) is 1. The predicted octanol–water partition coefficient (Wildman–Crippen LogP) is 0.836. The Morgan fingerprint density at radius 1 is 1.62 bits per heavy atom. The van der Waals surface area contributed by atoms with Crippen molar-refractivity contribution in [2.45, 2.75) is 31.8 Å². The lowest BCUT2D eigenvalue weighted by Crippen LogP contribution is -2.49. The van der Waals surface area contributed by atoms with Crippen LogP contribution in [0.1, 0.15) is 25.7 Å². The zero-order chi connectivity index (χ0) is 11.8. The zero-order valence-corrected chi connectivity index (χ0v) is 9.31. The number of allylic oxidation sites excluding steroid dienone is 1. The Kier molecular flexibility index (Phi) is 2.84. The number of fused-ring (bicyclic) bond motifs is 1. The summed E-state index contributed by atoms with van der Waals surface area (Å²) in [6.07, 6.45) is 4.85. The molecule has 0 saturated heterocycles. The van der Waals surface area contributed by atoms with Crippen molar-refractivity contribution in [2.75, 3.05) is 7.11 Å².